The number of nitrogens with zero attached hydrogens (tertiary/aromatic N) is 2. The van der Waals surface area contributed by atoms with Crippen molar-refractivity contribution in [3.8, 4) is 0 Å². The number of carbonyl (C=O) groups excluding carboxylic acids is 1. The molecule has 0 aromatic carbocycles. The van der Waals surface area contributed by atoms with Crippen LogP contribution in [0, 0.1) is 0 Å². The molecule has 0 unspecified atom stereocenters. The van der Waals surface area contributed by atoms with E-state index in [0.717, 1.165) is 0 Å². The second-order valence-corrected chi connectivity index (χ2v) is 4.45. The van der Waals surface area contributed by atoms with Gasteiger partial charge >= 0.3 is 6.18 Å². The maximum absolute atomic E-state index is 12.2. The highest BCUT2D eigenvalue weighted by Gasteiger charge is 2.45. The second kappa shape index (κ2) is 4.69. The Morgan fingerprint density at radius 2 is 1.73 bits per heavy atom. The third kappa shape index (κ3) is 3.34. The molecular formula is C8H12BrF3N2O. The van der Waals surface area contributed by atoms with Gasteiger partial charge in [0.2, 0.25) is 5.91 Å². The Balaban J connectivity index is 2.54. The van der Waals surface area contributed by atoms with Crippen LogP contribution < -0.4 is 0 Å². The summed E-state index contributed by atoms with van der Waals surface area (Å²) in [7, 11) is 1.87. The van der Waals surface area contributed by atoms with E-state index in [1.165, 1.54) is 4.90 Å². The number of hydrogen-bond acceptors (Lipinski definition) is 2. The Labute approximate surface area is 94.3 Å². The van der Waals surface area contributed by atoms with Crippen LogP contribution >= 0.6 is 15.9 Å². The van der Waals surface area contributed by atoms with Crippen molar-refractivity contribution in [1.29, 1.82) is 0 Å². The van der Waals surface area contributed by atoms with Crippen molar-refractivity contribution < 1.29 is 18.0 Å². The predicted molar refractivity (Wildman–Crippen MR) is 52.8 cm³/mol. The summed E-state index contributed by atoms with van der Waals surface area (Å²) in [5.74, 6) is -0.893. The minimum Gasteiger partial charge on any atom is -0.339 e. The summed E-state index contributed by atoms with van der Waals surface area (Å²) >= 11 is 2.38. The lowest BCUT2D eigenvalue weighted by Crippen LogP contribution is -2.51. The first-order chi connectivity index (χ1) is 6.82. The van der Waals surface area contributed by atoms with Crippen molar-refractivity contribution in [2.24, 2.45) is 0 Å². The van der Waals surface area contributed by atoms with Gasteiger partial charge in [0.15, 0.2) is 4.83 Å². The largest absolute Gasteiger partial charge is 0.410 e. The van der Waals surface area contributed by atoms with Crippen LogP contribution in [0.25, 0.3) is 0 Å². The van der Waals surface area contributed by atoms with Crippen molar-refractivity contribution >= 4 is 21.8 Å². The van der Waals surface area contributed by atoms with Gasteiger partial charge in [0.25, 0.3) is 0 Å². The highest BCUT2D eigenvalue weighted by atomic mass is 79.9. The molecule has 1 fully saturated rings. The molecule has 7 heteroatoms. The molecule has 3 nitrogen and oxygen atoms in total. The van der Waals surface area contributed by atoms with Gasteiger partial charge in [-0.2, -0.15) is 13.2 Å². The number of halogens is 4. The molecule has 0 spiro atoms. The van der Waals surface area contributed by atoms with E-state index in [4.69, 9.17) is 0 Å². The van der Waals surface area contributed by atoms with E-state index in [-0.39, 0.29) is 0 Å². The highest BCUT2D eigenvalue weighted by Crippen LogP contribution is 2.28. The minimum atomic E-state index is -4.51. The van der Waals surface area contributed by atoms with Crippen LogP contribution in [-0.2, 0) is 4.79 Å². The van der Waals surface area contributed by atoms with Gasteiger partial charge in [-0.25, -0.2) is 0 Å². The van der Waals surface area contributed by atoms with E-state index in [0.29, 0.717) is 26.2 Å². The number of hydrogen-bond donors (Lipinski definition) is 0. The fourth-order valence-electron chi connectivity index (χ4n) is 1.33. The third-order valence-electron chi connectivity index (χ3n) is 2.32. The van der Waals surface area contributed by atoms with Crippen molar-refractivity contribution in [3.05, 3.63) is 0 Å². The molecule has 0 radical (unpaired) electrons. The summed E-state index contributed by atoms with van der Waals surface area (Å²) in [5.41, 5.74) is 0. The molecule has 0 aromatic rings. The number of likely N-dealkylation sites (N-methyl/N-ethyl adjacent to an activating group) is 1. The molecule has 88 valence electrons. The standard InChI is InChI=1S/C8H12BrF3N2O/c1-13-2-4-14(5-3-13)7(15)6(9)8(10,11)12/h6H,2-5H2,1H3/t6-/m1/s1. The SMILES string of the molecule is CN1CCN(C(=O)[C@@H](Br)C(F)(F)F)CC1. The lowest BCUT2D eigenvalue weighted by atomic mass is 10.3. The zero-order chi connectivity index (χ0) is 11.6. The Morgan fingerprint density at radius 3 is 2.13 bits per heavy atom. The molecular weight excluding hydrogens is 277 g/mol. The monoisotopic (exact) mass is 288 g/mol. The van der Waals surface area contributed by atoms with E-state index < -0.39 is 16.9 Å². The summed E-state index contributed by atoms with van der Waals surface area (Å²) < 4.78 is 36.7. The lowest BCUT2D eigenvalue weighted by molar-refractivity contribution is -0.158. The Morgan fingerprint density at radius 1 is 1.27 bits per heavy atom. The molecule has 1 heterocycles. The van der Waals surface area contributed by atoms with Crippen molar-refractivity contribution in [3.63, 3.8) is 0 Å². The van der Waals surface area contributed by atoms with Crippen molar-refractivity contribution in [2.75, 3.05) is 33.2 Å². The molecule has 1 atom stereocenters. The first-order valence-electron chi connectivity index (χ1n) is 4.50. The Kier molecular flexibility index (Phi) is 3.99. The van der Waals surface area contributed by atoms with E-state index >= 15 is 0 Å². The molecule has 0 N–H and O–H groups in total. The summed E-state index contributed by atoms with van der Waals surface area (Å²) in [6.07, 6.45) is -4.51. The van der Waals surface area contributed by atoms with Gasteiger partial charge in [-0.3, -0.25) is 4.79 Å². The highest BCUT2D eigenvalue weighted by molar-refractivity contribution is 9.10. The number of alkyl halides is 4. The third-order valence-corrected chi connectivity index (χ3v) is 3.23. The number of carbonyl (C=O) groups is 1. The van der Waals surface area contributed by atoms with Crippen molar-refractivity contribution in [2.45, 2.75) is 11.0 Å². The van der Waals surface area contributed by atoms with Crippen molar-refractivity contribution in [1.82, 2.24) is 9.80 Å². The smallest absolute Gasteiger partial charge is 0.339 e. The molecule has 1 saturated heterocycles. The summed E-state index contributed by atoms with van der Waals surface area (Å²) in [5, 5.41) is 0. The lowest BCUT2D eigenvalue weighted by Gasteiger charge is -2.33. The van der Waals surface area contributed by atoms with Gasteiger partial charge in [-0.15, -0.1) is 0 Å². The van der Waals surface area contributed by atoms with Gasteiger partial charge in [-0.05, 0) is 7.05 Å². The molecule has 0 aliphatic carbocycles. The summed E-state index contributed by atoms with van der Waals surface area (Å²) in [6, 6.07) is 0. The van der Waals surface area contributed by atoms with Crippen LogP contribution in [0.2, 0.25) is 0 Å². The summed E-state index contributed by atoms with van der Waals surface area (Å²) in [6.45, 7) is 1.94. The van der Waals surface area contributed by atoms with E-state index in [9.17, 15) is 18.0 Å². The van der Waals surface area contributed by atoms with Crippen LogP contribution in [0.3, 0.4) is 0 Å². The van der Waals surface area contributed by atoms with Crippen LogP contribution in [0.1, 0.15) is 0 Å². The normalized spacial score (nSPS) is 21.5. The molecule has 1 rings (SSSR count). The van der Waals surface area contributed by atoms with Gasteiger partial charge in [-0.1, -0.05) is 15.9 Å². The topological polar surface area (TPSA) is 23.6 Å². The van der Waals surface area contributed by atoms with Gasteiger partial charge in [0.05, 0.1) is 0 Å². The summed E-state index contributed by atoms with van der Waals surface area (Å²) in [4.78, 5) is 12.5. The number of rotatable bonds is 1. The minimum absolute atomic E-state index is 0.355. The zero-order valence-electron chi connectivity index (χ0n) is 8.22. The molecule has 0 saturated carbocycles. The molecule has 1 aliphatic heterocycles. The van der Waals surface area contributed by atoms with E-state index in [2.05, 4.69) is 15.9 Å². The molecule has 1 amide bonds. The van der Waals surface area contributed by atoms with Gasteiger partial charge in [0, 0.05) is 26.2 Å². The predicted octanol–water partition coefficient (Wildman–Crippen LogP) is 1.09. The fraction of sp³-hybridized carbons (Fsp3) is 0.875. The van der Waals surface area contributed by atoms with E-state index in [1.54, 1.807) is 0 Å². The quantitative estimate of drug-likeness (QED) is 0.675. The van der Waals surface area contributed by atoms with Gasteiger partial charge in [0.1, 0.15) is 0 Å². The van der Waals surface area contributed by atoms with Crippen LogP contribution in [0.4, 0.5) is 13.2 Å². The van der Waals surface area contributed by atoms with Crippen LogP contribution in [0.15, 0.2) is 0 Å². The molecule has 0 bridgehead atoms. The number of piperazine rings is 1. The average molecular weight is 289 g/mol. The maximum Gasteiger partial charge on any atom is 0.410 e. The fourth-order valence-corrected chi connectivity index (χ4v) is 1.62. The first kappa shape index (κ1) is 12.8. The van der Waals surface area contributed by atoms with Gasteiger partial charge < -0.3 is 9.80 Å². The Bertz CT molecular complexity index is 239. The molecule has 0 aromatic heterocycles. The molecule has 1 aliphatic rings. The zero-order valence-corrected chi connectivity index (χ0v) is 9.81. The van der Waals surface area contributed by atoms with E-state index in [1.807, 2.05) is 11.9 Å². The van der Waals surface area contributed by atoms with Crippen LogP contribution in [-0.4, -0.2) is 59.9 Å². The first-order valence-corrected chi connectivity index (χ1v) is 5.42. The second-order valence-electron chi connectivity index (χ2n) is 3.53. The average Bonchev–Trinajstić information content (AvgIpc) is 2.15. The Hall–Kier alpha value is -0.300. The maximum atomic E-state index is 12.2. The number of amides is 1. The molecule has 15 heavy (non-hydrogen) atoms. The van der Waals surface area contributed by atoms with Crippen LogP contribution in [0.5, 0.6) is 0 Å².